The van der Waals surface area contributed by atoms with Gasteiger partial charge < -0.3 is 9.47 Å². The second-order valence-electron chi connectivity index (χ2n) is 5.55. The van der Waals surface area contributed by atoms with Crippen molar-refractivity contribution in [2.75, 3.05) is 6.61 Å². The Hall–Kier alpha value is -3.49. The molecule has 2 aromatic carbocycles. The van der Waals surface area contributed by atoms with Gasteiger partial charge in [0, 0.05) is 12.1 Å². The number of imide groups is 1. The molecule has 0 N–H and O–H groups in total. The zero-order chi connectivity index (χ0) is 18.7. The highest BCUT2D eigenvalue weighted by molar-refractivity contribution is 5.90. The lowest BCUT2D eigenvalue weighted by Gasteiger charge is -2.19. The van der Waals surface area contributed by atoms with Gasteiger partial charge in [-0.1, -0.05) is 12.1 Å². The van der Waals surface area contributed by atoms with Crippen molar-refractivity contribution in [3.05, 3.63) is 70.0 Å². The maximum absolute atomic E-state index is 13.0. The van der Waals surface area contributed by atoms with E-state index in [4.69, 9.17) is 9.47 Å². The van der Waals surface area contributed by atoms with E-state index in [0.717, 1.165) is 10.5 Å². The van der Waals surface area contributed by atoms with Crippen molar-refractivity contribution in [2.24, 2.45) is 0 Å². The van der Waals surface area contributed by atoms with Crippen LogP contribution in [-0.4, -0.2) is 34.7 Å². The molecule has 1 aliphatic heterocycles. The molecule has 3 rings (SSSR count). The van der Waals surface area contributed by atoms with E-state index in [0.29, 0.717) is 0 Å². The van der Waals surface area contributed by atoms with Gasteiger partial charge in [0.05, 0.1) is 11.0 Å². The molecular formula is C17H13FN2O6. The van der Waals surface area contributed by atoms with Gasteiger partial charge in [0.15, 0.2) is 0 Å². The van der Waals surface area contributed by atoms with Gasteiger partial charge in [-0.3, -0.25) is 10.1 Å². The quantitative estimate of drug-likeness (QED) is 0.613. The summed E-state index contributed by atoms with van der Waals surface area (Å²) in [6.45, 7) is -0.00836. The molecule has 26 heavy (non-hydrogen) atoms. The second kappa shape index (κ2) is 7.18. The molecule has 0 aromatic heterocycles. The first-order valence-corrected chi connectivity index (χ1v) is 7.61. The summed E-state index contributed by atoms with van der Waals surface area (Å²) in [4.78, 5) is 35.1. The van der Waals surface area contributed by atoms with Crippen molar-refractivity contribution in [3.8, 4) is 5.75 Å². The van der Waals surface area contributed by atoms with Gasteiger partial charge in [0.2, 0.25) is 0 Å². The Morgan fingerprint density at radius 2 is 1.88 bits per heavy atom. The molecule has 1 aliphatic rings. The monoisotopic (exact) mass is 360 g/mol. The van der Waals surface area contributed by atoms with Crippen molar-refractivity contribution in [1.82, 2.24) is 4.90 Å². The smallest absolute Gasteiger partial charge is 0.425 e. The molecular weight excluding hydrogens is 347 g/mol. The number of nitro groups is 1. The number of carbonyl (C=O) groups excluding carboxylic acids is 2. The summed E-state index contributed by atoms with van der Waals surface area (Å²) in [5.74, 6) is -0.331. The number of cyclic esters (lactones) is 1. The third kappa shape index (κ3) is 3.77. The maximum Gasteiger partial charge on any atom is 0.425 e. The average Bonchev–Trinajstić information content (AvgIpc) is 2.98. The molecule has 0 bridgehead atoms. The predicted octanol–water partition coefficient (Wildman–Crippen LogP) is 3.30. The van der Waals surface area contributed by atoms with E-state index in [1.54, 1.807) is 12.1 Å². The second-order valence-corrected chi connectivity index (χ2v) is 5.55. The molecule has 1 fully saturated rings. The Morgan fingerprint density at radius 3 is 2.50 bits per heavy atom. The van der Waals surface area contributed by atoms with E-state index in [-0.39, 0.29) is 30.3 Å². The molecule has 0 spiro atoms. The number of rotatable bonds is 4. The number of non-ortho nitro benzene ring substituents is 1. The summed E-state index contributed by atoms with van der Waals surface area (Å²) in [6.07, 6.45) is -1.51. The van der Waals surface area contributed by atoms with Gasteiger partial charge in [-0.2, -0.15) is 0 Å². The van der Waals surface area contributed by atoms with Crippen LogP contribution in [0, 0.1) is 15.9 Å². The van der Waals surface area contributed by atoms with E-state index >= 15 is 0 Å². The Bertz CT molecular complexity index is 837. The normalized spacial score (nSPS) is 16.3. The molecule has 1 atom stereocenters. The number of benzene rings is 2. The van der Waals surface area contributed by atoms with Crippen LogP contribution in [0.25, 0.3) is 0 Å². The first-order chi connectivity index (χ1) is 12.4. The summed E-state index contributed by atoms with van der Waals surface area (Å²) < 4.78 is 23.0. The minimum atomic E-state index is -0.950. The van der Waals surface area contributed by atoms with Gasteiger partial charge in [0.25, 0.3) is 5.69 Å². The van der Waals surface area contributed by atoms with Crippen LogP contribution < -0.4 is 4.74 Å². The minimum Gasteiger partial charge on any atom is -0.447 e. The summed E-state index contributed by atoms with van der Waals surface area (Å²) in [5.41, 5.74) is 0.572. The third-order valence-corrected chi connectivity index (χ3v) is 3.80. The fourth-order valence-corrected chi connectivity index (χ4v) is 2.51. The number of nitrogens with zero attached hydrogens (tertiary/aromatic N) is 2. The van der Waals surface area contributed by atoms with Gasteiger partial charge >= 0.3 is 12.2 Å². The van der Waals surface area contributed by atoms with Crippen molar-refractivity contribution in [1.29, 1.82) is 0 Å². The van der Waals surface area contributed by atoms with E-state index < -0.39 is 23.2 Å². The molecule has 9 heteroatoms. The highest BCUT2D eigenvalue weighted by atomic mass is 19.1. The number of amides is 2. The molecule has 0 unspecified atom stereocenters. The van der Waals surface area contributed by atoms with Gasteiger partial charge in [-0.25, -0.2) is 18.9 Å². The number of ether oxygens (including phenoxy) is 2. The summed E-state index contributed by atoms with van der Waals surface area (Å²) in [7, 11) is 0. The van der Waals surface area contributed by atoms with Crippen molar-refractivity contribution in [2.45, 2.75) is 12.5 Å². The largest absolute Gasteiger partial charge is 0.447 e. The molecule has 1 heterocycles. The fourth-order valence-electron chi connectivity index (χ4n) is 2.51. The first kappa shape index (κ1) is 17.3. The third-order valence-electron chi connectivity index (χ3n) is 3.80. The molecule has 0 aliphatic carbocycles. The molecule has 0 radical (unpaired) electrons. The molecule has 2 amide bonds. The lowest BCUT2D eigenvalue weighted by atomic mass is 10.1. The van der Waals surface area contributed by atoms with Crippen molar-refractivity contribution < 1.29 is 28.4 Å². The van der Waals surface area contributed by atoms with Gasteiger partial charge in [-0.15, -0.1) is 0 Å². The SMILES string of the molecule is O=C1OC[C@@H](Cc2ccc(F)cc2)N1C(=O)Oc1ccc([N+](=O)[O-])cc1. The number of hydrogen-bond acceptors (Lipinski definition) is 6. The van der Waals surface area contributed by atoms with E-state index in [1.165, 1.54) is 36.4 Å². The number of hydrogen-bond donors (Lipinski definition) is 0. The molecule has 0 saturated carbocycles. The van der Waals surface area contributed by atoms with Crippen LogP contribution in [0.2, 0.25) is 0 Å². The van der Waals surface area contributed by atoms with Gasteiger partial charge in [0.1, 0.15) is 18.2 Å². The number of carbonyl (C=O) groups is 2. The summed E-state index contributed by atoms with van der Waals surface area (Å²) in [5, 5.41) is 10.6. The van der Waals surface area contributed by atoms with Crippen LogP contribution in [0.5, 0.6) is 5.75 Å². The Morgan fingerprint density at radius 1 is 1.23 bits per heavy atom. The highest BCUT2D eigenvalue weighted by Crippen LogP contribution is 2.22. The number of nitro benzene ring substituents is 1. The van der Waals surface area contributed by atoms with Crippen LogP contribution in [0.1, 0.15) is 5.56 Å². The van der Waals surface area contributed by atoms with E-state index in [2.05, 4.69) is 0 Å². The fraction of sp³-hybridized carbons (Fsp3) is 0.176. The zero-order valence-corrected chi connectivity index (χ0v) is 13.3. The minimum absolute atomic E-state index is 0.00836. The lowest BCUT2D eigenvalue weighted by molar-refractivity contribution is -0.384. The van der Waals surface area contributed by atoms with Crippen LogP contribution in [-0.2, 0) is 11.2 Å². The Kier molecular flexibility index (Phi) is 4.78. The van der Waals surface area contributed by atoms with Crippen LogP contribution in [0.15, 0.2) is 48.5 Å². The standard InChI is InChI=1S/C17H13FN2O6/c18-12-3-1-11(2-4-12)9-14-10-25-16(21)19(14)17(22)26-15-7-5-13(6-8-15)20(23)24/h1-8,14H,9-10H2/t14-/m1/s1. The zero-order valence-electron chi connectivity index (χ0n) is 13.3. The summed E-state index contributed by atoms with van der Waals surface area (Å²) in [6, 6.07) is 9.95. The number of halogens is 1. The lowest BCUT2D eigenvalue weighted by Crippen LogP contribution is -2.41. The summed E-state index contributed by atoms with van der Waals surface area (Å²) >= 11 is 0. The Balaban J connectivity index is 1.70. The molecule has 1 saturated heterocycles. The van der Waals surface area contributed by atoms with Crippen molar-refractivity contribution in [3.63, 3.8) is 0 Å². The van der Waals surface area contributed by atoms with Crippen LogP contribution >= 0.6 is 0 Å². The predicted molar refractivity (Wildman–Crippen MR) is 86.2 cm³/mol. The van der Waals surface area contributed by atoms with Crippen molar-refractivity contribution >= 4 is 17.9 Å². The van der Waals surface area contributed by atoms with Gasteiger partial charge in [-0.05, 0) is 36.2 Å². The average molecular weight is 360 g/mol. The highest BCUT2D eigenvalue weighted by Gasteiger charge is 2.39. The molecule has 2 aromatic rings. The topological polar surface area (TPSA) is 99.0 Å². The maximum atomic E-state index is 13.0. The molecule has 8 nitrogen and oxygen atoms in total. The van der Waals surface area contributed by atoms with E-state index in [9.17, 15) is 24.1 Å². The van der Waals surface area contributed by atoms with Crippen LogP contribution in [0.3, 0.4) is 0 Å². The van der Waals surface area contributed by atoms with Crippen LogP contribution in [0.4, 0.5) is 19.7 Å². The Labute approximate surface area is 146 Å². The molecule has 134 valence electrons. The van der Waals surface area contributed by atoms with E-state index in [1.807, 2.05) is 0 Å². The first-order valence-electron chi connectivity index (χ1n) is 7.61.